The number of fused-ring (bicyclic) bond motifs is 3. The molecule has 0 bridgehead atoms. The molecule has 4 nitrogen and oxygen atoms in total. The van der Waals surface area contributed by atoms with Gasteiger partial charge >= 0.3 is 0 Å². The molecule has 0 N–H and O–H groups in total. The van der Waals surface area contributed by atoms with Gasteiger partial charge in [0.25, 0.3) is 0 Å². The van der Waals surface area contributed by atoms with E-state index in [2.05, 4.69) is 4.90 Å². The van der Waals surface area contributed by atoms with E-state index in [9.17, 15) is 9.18 Å². The van der Waals surface area contributed by atoms with Gasteiger partial charge in [-0.1, -0.05) is 0 Å². The maximum atomic E-state index is 13.3. The van der Waals surface area contributed by atoms with Gasteiger partial charge in [-0.15, -0.1) is 0 Å². The minimum atomic E-state index is -0.929. The molecule has 1 aromatic carbocycles. The maximum absolute atomic E-state index is 13.3. The molecule has 2 aliphatic rings. The molecular weight excluding hydrogens is 296 g/mol. The smallest absolute Gasteiger partial charge is 0.161 e. The van der Waals surface area contributed by atoms with E-state index in [4.69, 9.17) is 9.47 Å². The second-order valence-corrected chi connectivity index (χ2v) is 6.55. The Morgan fingerprint density at radius 1 is 1.30 bits per heavy atom. The Kier molecular flexibility index (Phi) is 4.57. The van der Waals surface area contributed by atoms with Gasteiger partial charge in [-0.3, -0.25) is 9.69 Å². The van der Waals surface area contributed by atoms with Crippen LogP contribution in [0.3, 0.4) is 0 Å². The number of alkyl halides is 1. The van der Waals surface area contributed by atoms with Gasteiger partial charge in [0.05, 0.1) is 20.4 Å². The second kappa shape index (κ2) is 6.48. The number of benzene rings is 1. The van der Waals surface area contributed by atoms with Gasteiger partial charge in [-0.25, -0.2) is 4.39 Å². The van der Waals surface area contributed by atoms with Crippen LogP contribution >= 0.6 is 0 Å². The summed E-state index contributed by atoms with van der Waals surface area (Å²) >= 11 is 0. The van der Waals surface area contributed by atoms with Crippen molar-refractivity contribution in [3.05, 3.63) is 23.3 Å². The van der Waals surface area contributed by atoms with E-state index < -0.39 is 6.17 Å². The number of Topliss-reactive ketones (excluding diaryl/α,β-unsaturated/α-hetero) is 1. The third kappa shape index (κ3) is 3.07. The fourth-order valence-corrected chi connectivity index (χ4v) is 3.88. The van der Waals surface area contributed by atoms with Gasteiger partial charge < -0.3 is 9.47 Å². The summed E-state index contributed by atoms with van der Waals surface area (Å²) < 4.78 is 24.1. The predicted molar refractivity (Wildman–Crippen MR) is 85.9 cm³/mol. The first-order valence-corrected chi connectivity index (χ1v) is 8.19. The summed E-state index contributed by atoms with van der Waals surface area (Å²) in [6, 6.07) is 4.10. The van der Waals surface area contributed by atoms with E-state index >= 15 is 0 Å². The lowest BCUT2D eigenvalue weighted by atomic mass is 9.81. The molecule has 1 fully saturated rings. The van der Waals surface area contributed by atoms with Gasteiger partial charge in [-0.2, -0.15) is 0 Å². The average molecular weight is 320 g/mol. The molecule has 1 saturated heterocycles. The lowest BCUT2D eigenvalue weighted by molar-refractivity contribution is -0.129. The van der Waals surface area contributed by atoms with Crippen molar-refractivity contribution in [2.24, 2.45) is 5.92 Å². The first-order valence-electron chi connectivity index (χ1n) is 8.19. The van der Waals surface area contributed by atoms with Crippen LogP contribution in [0.2, 0.25) is 0 Å². The van der Waals surface area contributed by atoms with Crippen molar-refractivity contribution in [2.75, 3.05) is 27.3 Å². The number of halogens is 1. The van der Waals surface area contributed by atoms with Gasteiger partial charge in [0.2, 0.25) is 0 Å². The van der Waals surface area contributed by atoms with Crippen molar-refractivity contribution in [3.8, 4) is 11.5 Å². The number of methoxy groups -OCH3 is 2. The first-order chi connectivity index (χ1) is 11.0. The van der Waals surface area contributed by atoms with Crippen LogP contribution in [0, 0.1) is 5.92 Å². The summed E-state index contributed by atoms with van der Waals surface area (Å²) in [7, 11) is 3.25. The molecule has 23 heavy (non-hydrogen) atoms. The minimum absolute atomic E-state index is 0.0808. The van der Waals surface area contributed by atoms with Crippen LogP contribution in [-0.2, 0) is 11.2 Å². The molecule has 0 spiro atoms. The van der Waals surface area contributed by atoms with Crippen LogP contribution in [0.4, 0.5) is 4.39 Å². The lowest BCUT2D eigenvalue weighted by Gasteiger charge is -2.43. The van der Waals surface area contributed by atoms with Gasteiger partial charge in [0, 0.05) is 31.5 Å². The van der Waals surface area contributed by atoms with Crippen molar-refractivity contribution in [1.29, 1.82) is 0 Å². The quantitative estimate of drug-likeness (QED) is 0.855. The van der Waals surface area contributed by atoms with E-state index in [0.29, 0.717) is 25.1 Å². The number of piperidine rings is 1. The molecule has 0 amide bonds. The van der Waals surface area contributed by atoms with E-state index in [1.54, 1.807) is 14.2 Å². The van der Waals surface area contributed by atoms with E-state index in [-0.39, 0.29) is 17.7 Å². The first kappa shape index (κ1) is 16.2. The molecule has 2 heterocycles. The lowest BCUT2D eigenvalue weighted by Crippen LogP contribution is -2.46. The standard InChI is InChI=1S/C18H24FNO3/c1-11(19)6-13-10-20-5-4-12-7-17(22-2)18(23-3)8-14(12)15(20)9-16(13)21/h7-8,11,13,15H,4-6,9-10H2,1-3H3/t11?,13-,15-/m1/s1/i19-1. The van der Waals surface area contributed by atoms with Crippen molar-refractivity contribution in [2.45, 2.75) is 38.4 Å². The number of carbonyl (C=O) groups is 1. The van der Waals surface area contributed by atoms with E-state index in [1.165, 1.54) is 12.5 Å². The maximum Gasteiger partial charge on any atom is 0.161 e. The monoisotopic (exact) mass is 320 g/mol. The molecule has 0 aliphatic carbocycles. The molecule has 3 rings (SSSR count). The Morgan fingerprint density at radius 2 is 2.00 bits per heavy atom. The van der Waals surface area contributed by atoms with Crippen molar-refractivity contribution in [1.82, 2.24) is 4.90 Å². The minimum Gasteiger partial charge on any atom is -0.493 e. The van der Waals surface area contributed by atoms with Gasteiger partial charge in [0.1, 0.15) is 5.78 Å². The third-order valence-electron chi connectivity index (χ3n) is 5.03. The molecule has 1 aromatic rings. The Bertz CT molecular complexity index is 602. The zero-order valence-corrected chi connectivity index (χ0v) is 14.0. The second-order valence-electron chi connectivity index (χ2n) is 6.55. The van der Waals surface area contributed by atoms with Crippen LogP contribution in [0.5, 0.6) is 11.5 Å². The molecule has 1 unspecified atom stereocenters. The zero-order valence-electron chi connectivity index (χ0n) is 14.0. The molecule has 126 valence electrons. The number of ether oxygens (including phenoxy) is 2. The highest BCUT2D eigenvalue weighted by molar-refractivity contribution is 5.83. The predicted octanol–water partition coefficient (Wildman–Crippen LogP) is 2.94. The van der Waals surface area contributed by atoms with E-state index in [1.807, 2.05) is 12.1 Å². The average Bonchev–Trinajstić information content (AvgIpc) is 2.53. The molecule has 3 atom stereocenters. The van der Waals surface area contributed by atoms with Crippen LogP contribution in [0.15, 0.2) is 12.1 Å². The number of nitrogens with zero attached hydrogens (tertiary/aromatic N) is 1. The summed E-state index contributed by atoms with van der Waals surface area (Å²) in [5, 5.41) is 0. The number of ketones is 1. The van der Waals surface area contributed by atoms with Crippen molar-refractivity contribution >= 4 is 5.78 Å². The molecule has 0 aromatic heterocycles. The van der Waals surface area contributed by atoms with Crippen LogP contribution in [-0.4, -0.2) is 44.2 Å². The van der Waals surface area contributed by atoms with E-state index in [0.717, 1.165) is 24.3 Å². The summed E-state index contributed by atoms with van der Waals surface area (Å²) in [6.07, 6.45) is 0.779. The topological polar surface area (TPSA) is 38.8 Å². The highest BCUT2D eigenvalue weighted by atomic mass is 18.2. The highest BCUT2D eigenvalue weighted by Crippen LogP contribution is 2.42. The Balaban J connectivity index is 1.89. The number of rotatable bonds is 4. The van der Waals surface area contributed by atoms with Gasteiger partial charge in [-0.05, 0) is 43.0 Å². The third-order valence-corrected chi connectivity index (χ3v) is 5.03. The normalized spacial score (nSPS) is 25.5. The SMILES string of the molecule is COc1cc2c(cc1OC)[C@H]1CC(=O)[C@H](CC(C)[18F])CN1CC2. The van der Waals surface area contributed by atoms with Gasteiger partial charge in [0.15, 0.2) is 11.5 Å². The molecular formula is C18H24FNO3. The number of carbonyl (C=O) groups excluding carboxylic acids is 1. The molecule has 0 saturated carbocycles. The summed E-state index contributed by atoms with van der Waals surface area (Å²) in [5.74, 6) is 1.43. The largest absolute Gasteiger partial charge is 0.493 e. The fraction of sp³-hybridized carbons (Fsp3) is 0.611. The number of hydrogen-bond donors (Lipinski definition) is 0. The Labute approximate surface area is 136 Å². The van der Waals surface area contributed by atoms with Crippen LogP contribution in [0.25, 0.3) is 0 Å². The Hall–Kier alpha value is -1.62. The molecule has 0 radical (unpaired) electrons. The van der Waals surface area contributed by atoms with Crippen LogP contribution in [0.1, 0.15) is 36.9 Å². The summed E-state index contributed by atoms with van der Waals surface area (Å²) in [6.45, 7) is 3.09. The molecule has 5 heteroatoms. The molecule has 2 aliphatic heterocycles. The van der Waals surface area contributed by atoms with Crippen LogP contribution < -0.4 is 9.47 Å². The summed E-state index contributed by atoms with van der Waals surface area (Å²) in [5.41, 5.74) is 2.36. The highest BCUT2D eigenvalue weighted by Gasteiger charge is 2.38. The zero-order chi connectivity index (χ0) is 16.6. The Morgan fingerprint density at radius 3 is 2.65 bits per heavy atom. The summed E-state index contributed by atoms with van der Waals surface area (Å²) in [4.78, 5) is 14.7. The fourth-order valence-electron chi connectivity index (χ4n) is 3.88. The van der Waals surface area contributed by atoms with Crippen molar-refractivity contribution in [3.63, 3.8) is 0 Å². The van der Waals surface area contributed by atoms with Crippen molar-refractivity contribution < 1.29 is 18.7 Å². The number of hydrogen-bond acceptors (Lipinski definition) is 4.